The number of benzene rings is 1. The fourth-order valence-corrected chi connectivity index (χ4v) is 2.24. The number of fused-ring (bicyclic) bond motifs is 1. The Morgan fingerprint density at radius 3 is 2.95 bits per heavy atom. The molecule has 0 aliphatic rings. The molecule has 0 fully saturated rings. The summed E-state index contributed by atoms with van der Waals surface area (Å²) >= 11 is 0. The van der Waals surface area contributed by atoms with Crippen molar-refractivity contribution in [3.8, 4) is 11.3 Å². The van der Waals surface area contributed by atoms with Gasteiger partial charge in [0.15, 0.2) is 0 Å². The van der Waals surface area contributed by atoms with Crippen LogP contribution in [0.1, 0.15) is 25.1 Å². The first-order valence-electron chi connectivity index (χ1n) is 6.48. The molecule has 3 aromatic rings. The molecule has 3 nitrogen and oxygen atoms in total. The lowest BCUT2D eigenvalue weighted by Crippen LogP contribution is -2.06. The second-order valence-electron chi connectivity index (χ2n) is 4.62. The highest BCUT2D eigenvalue weighted by Crippen LogP contribution is 2.31. The fourth-order valence-electron chi connectivity index (χ4n) is 2.24. The van der Waals surface area contributed by atoms with Crippen LogP contribution in [0.15, 0.2) is 53.2 Å². The minimum Gasteiger partial charge on any atom is -0.459 e. The van der Waals surface area contributed by atoms with Crippen molar-refractivity contribution in [3.05, 3.63) is 54.6 Å². The van der Waals surface area contributed by atoms with Crippen LogP contribution >= 0.6 is 0 Å². The number of rotatable bonds is 3. The van der Waals surface area contributed by atoms with Gasteiger partial charge in [0.1, 0.15) is 11.5 Å². The van der Waals surface area contributed by atoms with Gasteiger partial charge in [-0.2, -0.15) is 0 Å². The van der Waals surface area contributed by atoms with Gasteiger partial charge in [-0.15, -0.1) is 0 Å². The molecule has 2 N–H and O–H groups in total. The van der Waals surface area contributed by atoms with Gasteiger partial charge in [-0.3, -0.25) is 4.98 Å². The summed E-state index contributed by atoms with van der Waals surface area (Å²) in [7, 11) is 0. The van der Waals surface area contributed by atoms with E-state index in [1.165, 1.54) is 0 Å². The number of hydrogen-bond donors (Lipinski definition) is 1. The van der Waals surface area contributed by atoms with Gasteiger partial charge in [0.2, 0.25) is 0 Å². The Hall–Kier alpha value is -2.13. The maximum atomic E-state index is 5.99. The van der Waals surface area contributed by atoms with Crippen LogP contribution in [-0.4, -0.2) is 4.98 Å². The highest BCUT2D eigenvalue weighted by molar-refractivity contribution is 5.94. The molecule has 3 heteroatoms. The Balaban J connectivity index is 2.12. The summed E-state index contributed by atoms with van der Waals surface area (Å²) in [5, 5.41) is 2.25. The van der Waals surface area contributed by atoms with E-state index in [0.29, 0.717) is 0 Å². The van der Waals surface area contributed by atoms with E-state index < -0.39 is 0 Å². The maximum Gasteiger partial charge on any atom is 0.134 e. The SMILES string of the molecule is CCC(N)c1ccc(-c2cccc3cnccc23)o1. The Morgan fingerprint density at radius 1 is 1.21 bits per heavy atom. The first-order valence-corrected chi connectivity index (χ1v) is 6.48. The molecule has 1 atom stereocenters. The summed E-state index contributed by atoms with van der Waals surface area (Å²) < 4.78 is 5.89. The fraction of sp³-hybridized carbons (Fsp3) is 0.188. The third-order valence-corrected chi connectivity index (χ3v) is 3.38. The molecule has 19 heavy (non-hydrogen) atoms. The molecule has 2 aromatic heterocycles. The molecule has 2 heterocycles. The minimum absolute atomic E-state index is 0.0367. The predicted molar refractivity (Wildman–Crippen MR) is 76.7 cm³/mol. The van der Waals surface area contributed by atoms with E-state index in [9.17, 15) is 0 Å². The van der Waals surface area contributed by atoms with Crippen LogP contribution in [0.3, 0.4) is 0 Å². The van der Waals surface area contributed by atoms with Gasteiger partial charge in [-0.05, 0) is 30.0 Å². The highest BCUT2D eigenvalue weighted by atomic mass is 16.3. The van der Waals surface area contributed by atoms with Crippen molar-refractivity contribution in [1.29, 1.82) is 0 Å². The van der Waals surface area contributed by atoms with Gasteiger partial charge >= 0.3 is 0 Å². The number of nitrogens with zero attached hydrogens (tertiary/aromatic N) is 1. The zero-order valence-corrected chi connectivity index (χ0v) is 10.8. The van der Waals surface area contributed by atoms with E-state index >= 15 is 0 Å². The number of furan rings is 1. The highest BCUT2D eigenvalue weighted by Gasteiger charge is 2.11. The Morgan fingerprint density at radius 2 is 2.11 bits per heavy atom. The first kappa shape index (κ1) is 11.9. The molecule has 0 amide bonds. The molecule has 0 aliphatic heterocycles. The van der Waals surface area contributed by atoms with Gasteiger partial charge in [0.05, 0.1) is 6.04 Å². The van der Waals surface area contributed by atoms with E-state index in [1.807, 2.05) is 36.5 Å². The second kappa shape index (κ2) is 4.86. The van der Waals surface area contributed by atoms with Crippen LogP contribution in [0, 0.1) is 0 Å². The van der Waals surface area contributed by atoms with E-state index in [2.05, 4.69) is 18.0 Å². The number of nitrogens with two attached hydrogens (primary N) is 1. The number of pyridine rings is 1. The summed E-state index contributed by atoms with van der Waals surface area (Å²) in [5.41, 5.74) is 7.07. The van der Waals surface area contributed by atoms with Crippen molar-refractivity contribution in [2.45, 2.75) is 19.4 Å². The van der Waals surface area contributed by atoms with Crippen LogP contribution in [-0.2, 0) is 0 Å². The van der Waals surface area contributed by atoms with Crippen LogP contribution in [0.4, 0.5) is 0 Å². The van der Waals surface area contributed by atoms with E-state index in [1.54, 1.807) is 6.20 Å². The van der Waals surface area contributed by atoms with Crippen molar-refractivity contribution < 1.29 is 4.42 Å². The monoisotopic (exact) mass is 252 g/mol. The van der Waals surface area contributed by atoms with E-state index in [0.717, 1.165) is 34.3 Å². The van der Waals surface area contributed by atoms with Gasteiger partial charge in [0.25, 0.3) is 0 Å². The van der Waals surface area contributed by atoms with Gasteiger partial charge < -0.3 is 10.2 Å². The van der Waals surface area contributed by atoms with Crippen molar-refractivity contribution in [2.75, 3.05) is 0 Å². The quantitative estimate of drug-likeness (QED) is 0.769. The van der Waals surface area contributed by atoms with Crippen molar-refractivity contribution in [3.63, 3.8) is 0 Å². The zero-order valence-electron chi connectivity index (χ0n) is 10.8. The summed E-state index contributed by atoms with van der Waals surface area (Å²) in [4.78, 5) is 4.14. The molecule has 1 aromatic carbocycles. The van der Waals surface area contributed by atoms with Crippen molar-refractivity contribution >= 4 is 10.8 Å². The van der Waals surface area contributed by atoms with Crippen LogP contribution < -0.4 is 5.73 Å². The van der Waals surface area contributed by atoms with Crippen LogP contribution in [0.5, 0.6) is 0 Å². The second-order valence-corrected chi connectivity index (χ2v) is 4.62. The smallest absolute Gasteiger partial charge is 0.134 e. The van der Waals surface area contributed by atoms with Crippen LogP contribution in [0.2, 0.25) is 0 Å². The normalized spacial score (nSPS) is 12.7. The van der Waals surface area contributed by atoms with Gasteiger partial charge in [-0.25, -0.2) is 0 Å². The molecule has 0 saturated heterocycles. The molecule has 0 spiro atoms. The summed E-state index contributed by atoms with van der Waals surface area (Å²) in [5.74, 6) is 1.69. The molecule has 96 valence electrons. The van der Waals surface area contributed by atoms with Crippen molar-refractivity contribution in [1.82, 2.24) is 4.98 Å². The summed E-state index contributed by atoms with van der Waals surface area (Å²) in [6.45, 7) is 2.05. The lowest BCUT2D eigenvalue weighted by molar-refractivity contribution is 0.470. The third kappa shape index (κ3) is 2.13. The largest absolute Gasteiger partial charge is 0.459 e. The molecule has 0 aliphatic carbocycles. The lowest BCUT2D eigenvalue weighted by atomic mass is 10.1. The van der Waals surface area contributed by atoms with E-state index in [4.69, 9.17) is 10.2 Å². The molecule has 1 unspecified atom stereocenters. The molecular formula is C16H16N2O. The van der Waals surface area contributed by atoms with E-state index in [-0.39, 0.29) is 6.04 Å². The molecule has 0 saturated carbocycles. The lowest BCUT2D eigenvalue weighted by Gasteiger charge is -2.05. The topological polar surface area (TPSA) is 52.0 Å². The summed E-state index contributed by atoms with van der Waals surface area (Å²) in [6, 6.07) is 12.0. The molecule has 0 bridgehead atoms. The molecular weight excluding hydrogens is 236 g/mol. The molecule has 3 rings (SSSR count). The predicted octanol–water partition coefficient (Wildman–Crippen LogP) is 3.90. The van der Waals surface area contributed by atoms with Gasteiger partial charge in [-0.1, -0.05) is 25.1 Å². The first-order chi connectivity index (χ1) is 9.29. The molecule has 0 radical (unpaired) electrons. The number of hydrogen-bond acceptors (Lipinski definition) is 3. The van der Waals surface area contributed by atoms with Crippen LogP contribution in [0.25, 0.3) is 22.1 Å². The summed E-state index contributed by atoms with van der Waals surface area (Å²) in [6.07, 6.45) is 4.53. The Labute approximate surface area is 112 Å². The third-order valence-electron chi connectivity index (χ3n) is 3.38. The average Bonchev–Trinajstić information content (AvgIpc) is 2.95. The van der Waals surface area contributed by atoms with Gasteiger partial charge in [0, 0.05) is 23.3 Å². The number of aromatic nitrogens is 1. The van der Waals surface area contributed by atoms with Crippen molar-refractivity contribution in [2.24, 2.45) is 5.73 Å². The Kier molecular flexibility index (Phi) is 3.05. The Bertz CT molecular complexity index is 697. The standard InChI is InChI=1S/C16H16N2O/c1-2-14(17)16-7-6-15(19-16)13-5-3-4-11-10-18-9-8-12(11)13/h3-10,14H,2,17H2,1H3. The minimum atomic E-state index is -0.0367. The average molecular weight is 252 g/mol. The maximum absolute atomic E-state index is 5.99. The zero-order chi connectivity index (χ0) is 13.2.